The third kappa shape index (κ3) is 4.44. The van der Waals surface area contributed by atoms with Gasteiger partial charge in [0.1, 0.15) is 6.10 Å². The molecule has 0 spiro atoms. The second kappa shape index (κ2) is 8.47. The van der Waals surface area contributed by atoms with Crippen molar-refractivity contribution < 1.29 is 14.2 Å². The zero-order chi connectivity index (χ0) is 15.0. The topological polar surface area (TPSA) is 82.6 Å². The Morgan fingerprint density at radius 2 is 2.15 bits per heavy atom. The third-order valence-corrected chi connectivity index (χ3v) is 2.60. The molecule has 0 bridgehead atoms. The van der Waals surface area contributed by atoms with Crippen molar-refractivity contribution in [2.24, 2.45) is 0 Å². The first-order valence-electron chi connectivity index (χ1n) is 6.25. The number of aromatic nitrogens is 2. The Bertz CT molecular complexity index is 534. The molecule has 1 aromatic heterocycles. The summed E-state index contributed by atoms with van der Waals surface area (Å²) in [5.41, 5.74) is -1.00. The van der Waals surface area contributed by atoms with Gasteiger partial charge in [0.2, 0.25) is 0 Å². The van der Waals surface area contributed by atoms with E-state index in [0.29, 0.717) is 13.2 Å². The highest BCUT2D eigenvalue weighted by atomic mass is 16.5. The molecule has 0 aliphatic carbocycles. The van der Waals surface area contributed by atoms with E-state index < -0.39 is 23.6 Å². The molecular formula is C13H20N2O5. The van der Waals surface area contributed by atoms with E-state index >= 15 is 0 Å². The molecule has 0 amide bonds. The van der Waals surface area contributed by atoms with Gasteiger partial charge in [-0.05, 0) is 6.92 Å². The Balaban J connectivity index is 3.05. The molecule has 7 heteroatoms. The molecule has 0 aliphatic heterocycles. The minimum Gasteiger partial charge on any atom is -0.381 e. The number of ether oxygens (including phenoxy) is 3. The molecular weight excluding hydrogens is 264 g/mol. The first-order chi connectivity index (χ1) is 9.63. The Morgan fingerprint density at radius 1 is 1.40 bits per heavy atom. The molecule has 1 aromatic rings. The highest BCUT2D eigenvalue weighted by Gasteiger charge is 2.22. The van der Waals surface area contributed by atoms with Crippen LogP contribution >= 0.6 is 0 Å². The fraction of sp³-hybridized carbons (Fsp3) is 0.538. The van der Waals surface area contributed by atoms with Crippen LogP contribution < -0.4 is 11.2 Å². The molecule has 0 radical (unpaired) electrons. The lowest BCUT2D eigenvalue weighted by molar-refractivity contribution is -0.0702. The minimum atomic E-state index is -0.674. The van der Waals surface area contributed by atoms with Crippen LogP contribution in [-0.2, 0) is 14.2 Å². The van der Waals surface area contributed by atoms with E-state index in [0.717, 1.165) is 0 Å². The van der Waals surface area contributed by atoms with E-state index in [1.54, 1.807) is 19.3 Å². The van der Waals surface area contributed by atoms with Crippen molar-refractivity contribution in [2.75, 3.05) is 27.4 Å². The number of nitrogens with zero attached hydrogens (tertiary/aromatic N) is 1. The molecule has 0 aromatic carbocycles. The van der Waals surface area contributed by atoms with Gasteiger partial charge < -0.3 is 14.2 Å². The number of methoxy groups -OCH3 is 2. The molecule has 0 saturated heterocycles. The molecule has 0 aliphatic rings. The molecule has 2 atom stereocenters. The smallest absolute Gasteiger partial charge is 0.330 e. The van der Waals surface area contributed by atoms with Crippen molar-refractivity contribution in [3.05, 3.63) is 45.3 Å². The Labute approximate surface area is 116 Å². The molecule has 1 rings (SSSR count). The first kappa shape index (κ1) is 16.4. The number of rotatable bonds is 8. The number of nitrogens with one attached hydrogen (secondary N) is 1. The summed E-state index contributed by atoms with van der Waals surface area (Å²) >= 11 is 0. The van der Waals surface area contributed by atoms with Gasteiger partial charge in [-0.1, -0.05) is 12.2 Å². The van der Waals surface area contributed by atoms with Gasteiger partial charge in [0, 0.05) is 33.1 Å². The first-order valence-corrected chi connectivity index (χ1v) is 6.25. The van der Waals surface area contributed by atoms with E-state index in [4.69, 9.17) is 14.2 Å². The van der Waals surface area contributed by atoms with E-state index in [1.165, 1.54) is 23.9 Å². The zero-order valence-corrected chi connectivity index (χ0v) is 11.9. The number of hydrogen-bond donors (Lipinski definition) is 1. The summed E-state index contributed by atoms with van der Waals surface area (Å²) in [5.74, 6) is 0. The van der Waals surface area contributed by atoms with Crippen LogP contribution in [0.5, 0.6) is 0 Å². The predicted molar refractivity (Wildman–Crippen MR) is 73.8 cm³/mol. The van der Waals surface area contributed by atoms with Crippen LogP contribution in [-0.4, -0.2) is 43.1 Å². The van der Waals surface area contributed by atoms with Gasteiger partial charge in [0.15, 0.2) is 6.23 Å². The normalized spacial score (nSPS) is 14.6. The zero-order valence-electron chi connectivity index (χ0n) is 11.9. The maximum absolute atomic E-state index is 11.8. The second-order valence-electron chi connectivity index (χ2n) is 3.95. The second-order valence-corrected chi connectivity index (χ2v) is 3.95. The molecule has 1 heterocycles. The van der Waals surface area contributed by atoms with Gasteiger partial charge in [-0.25, -0.2) is 4.79 Å². The third-order valence-electron chi connectivity index (χ3n) is 2.60. The summed E-state index contributed by atoms with van der Waals surface area (Å²) in [7, 11) is 3.05. The molecule has 7 nitrogen and oxygen atoms in total. The van der Waals surface area contributed by atoms with E-state index in [1.807, 2.05) is 6.92 Å². The monoisotopic (exact) mass is 284 g/mol. The van der Waals surface area contributed by atoms with Gasteiger partial charge >= 0.3 is 5.69 Å². The molecule has 0 fully saturated rings. The van der Waals surface area contributed by atoms with Gasteiger partial charge in [0.25, 0.3) is 5.56 Å². The number of hydrogen-bond acceptors (Lipinski definition) is 5. The van der Waals surface area contributed by atoms with Crippen molar-refractivity contribution in [1.29, 1.82) is 0 Å². The lowest BCUT2D eigenvalue weighted by atomic mass is 10.2. The lowest BCUT2D eigenvalue weighted by Crippen LogP contribution is -2.37. The van der Waals surface area contributed by atoms with Crippen LogP contribution in [0.4, 0.5) is 0 Å². The quantitative estimate of drug-likeness (QED) is 0.694. The summed E-state index contributed by atoms with van der Waals surface area (Å²) < 4.78 is 17.1. The maximum Gasteiger partial charge on any atom is 0.330 e. The molecule has 1 N–H and O–H groups in total. The molecule has 0 unspecified atom stereocenters. The Hall–Kier alpha value is -1.70. The van der Waals surface area contributed by atoms with Gasteiger partial charge in [-0.2, -0.15) is 0 Å². The standard InChI is InChI=1S/C13H20N2O5/c1-4-20-10(6-5-9-18-2)12(19-3)15-8-7-11(16)14-13(15)17/h5-8,10,12H,4,9H2,1-3H3,(H,14,16,17)/b6-5+/t10-,12+/m0/s1. The van der Waals surface area contributed by atoms with Gasteiger partial charge in [-0.3, -0.25) is 14.3 Å². The SMILES string of the molecule is CCO[C@@H](/C=C/COC)[C@@H](OC)n1ccc(=O)[nH]c1=O. The van der Waals surface area contributed by atoms with E-state index in [-0.39, 0.29) is 0 Å². The van der Waals surface area contributed by atoms with Crippen LogP contribution in [0.1, 0.15) is 13.2 Å². The van der Waals surface area contributed by atoms with Crippen molar-refractivity contribution in [3.63, 3.8) is 0 Å². The summed E-state index contributed by atoms with van der Waals surface area (Å²) in [5, 5.41) is 0. The fourth-order valence-electron chi connectivity index (χ4n) is 1.74. The minimum absolute atomic E-state index is 0.431. The Kier molecular flexibility index (Phi) is 6.92. The summed E-state index contributed by atoms with van der Waals surface area (Å²) in [4.78, 5) is 25.1. The summed E-state index contributed by atoms with van der Waals surface area (Å²) in [6.07, 6.45) is 3.78. The van der Waals surface area contributed by atoms with Crippen molar-refractivity contribution in [2.45, 2.75) is 19.3 Å². The number of aromatic amines is 1. The average molecular weight is 284 g/mol. The largest absolute Gasteiger partial charge is 0.381 e. The van der Waals surface area contributed by atoms with Crippen LogP contribution in [0.15, 0.2) is 34.0 Å². The molecule has 0 saturated carbocycles. The van der Waals surface area contributed by atoms with Crippen molar-refractivity contribution in [3.8, 4) is 0 Å². The van der Waals surface area contributed by atoms with Gasteiger partial charge in [0.05, 0.1) is 6.61 Å². The molecule has 112 valence electrons. The highest BCUT2D eigenvalue weighted by molar-refractivity contribution is 4.95. The average Bonchev–Trinajstić information content (AvgIpc) is 2.42. The van der Waals surface area contributed by atoms with Gasteiger partial charge in [-0.15, -0.1) is 0 Å². The van der Waals surface area contributed by atoms with Crippen LogP contribution in [0.2, 0.25) is 0 Å². The van der Waals surface area contributed by atoms with E-state index in [9.17, 15) is 9.59 Å². The van der Waals surface area contributed by atoms with Crippen LogP contribution in [0, 0.1) is 0 Å². The predicted octanol–water partition coefficient (Wildman–Crippen LogP) is 0.289. The Morgan fingerprint density at radius 3 is 2.70 bits per heavy atom. The van der Waals surface area contributed by atoms with E-state index in [2.05, 4.69) is 4.98 Å². The maximum atomic E-state index is 11.8. The van der Waals surface area contributed by atoms with Crippen molar-refractivity contribution >= 4 is 0 Å². The van der Waals surface area contributed by atoms with Crippen molar-refractivity contribution in [1.82, 2.24) is 9.55 Å². The summed E-state index contributed by atoms with van der Waals surface area (Å²) in [6, 6.07) is 1.26. The number of H-pyrrole nitrogens is 1. The van der Waals surface area contributed by atoms with Crippen LogP contribution in [0.3, 0.4) is 0 Å². The highest BCUT2D eigenvalue weighted by Crippen LogP contribution is 2.15. The molecule has 20 heavy (non-hydrogen) atoms. The van der Waals surface area contributed by atoms with Crippen LogP contribution in [0.25, 0.3) is 0 Å². The summed E-state index contributed by atoms with van der Waals surface area (Å²) in [6.45, 7) is 2.74. The lowest BCUT2D eigenvalue weighted by Gasteiger charge is -2.24. The fourth-order valence-corrected chi connectivity index (χ4v) is 1.74.